The lowest BCUT2D eigenvalue weighted by molar-refractivity contribution is 0.0747. The van der Waals surface area contributed by atoms with Gasteiger partial charge in [0.1, 0.15) is 18.8 Å². The van der Waals surface area contributed by atoms with Crippen LogP contribution in [0.3, 0.4) is 0 Å². The van der Waals surface area contributed by atoms with Gasteiger partial charge in [-0.1, -0.05) is 91.0 Å². The van der Waals surface area contributed by atoms with Gasteiger partial charge in [0.15, 0.2) is 0 Å². The van der Waals surface area contributed by atoms with Crippen LogP contribution in [-0.2, 0) is 11.3 Å². The largest absolute Gasteiger partial charge is 0.362 e. The highest BCUT2D eigenvalue weighted by molar-refractivity contribution is 5.73. The highest BCUT2D eigenvalue weighted by Gasteiger charge is 2.20. The molecule has 28 heavy (non-hydrogen) atoms. The molecule has 1 aromatic heterocycles. The monoisotopic (exact) mass is 367 g/mol. The molecule has 3 aromatic carbocycles. The van der Waals surface area contributed by atoms with Crippen molar-refractivity contribution in [3.63, 3.8) is 0 Å². The van der Waals surface area contributed by atoms with E-state index in [1.165, 1.54) is 6.33 Å². The summed E-state index contributed by atoms with van der Waals surface area (Å²) in [6.45, 7) is 0.501. The summed E-state index contributed by atoms with van der Waals surface area (Å²) in [5, 5.41) is 4.37. The first-order valence-electron chi connectivity index (χ1n) is 9.22. The fraction of sp³-hybridized carbons (Fsp3) is 0.0833. The average Bonchev–Trinajstić information content (AvgIpc) is 3.30. The number of ether oxygens (including phenoxy) is 1. The fourth-order valence-corrected chi connectivity index (χ4v) is 3.06. The van der Waals surface area contributed by atoms with Gasteiger partial charge in [-0.2, -0.15) is 5.10 Å². The molecule has 0 N–H and O–H groups in total. The minimum absolute atomic E-state index is 0.289. The first kappa shape index (κ1) is 17.9. The summed E-state index contributed by atoms with van der Waals surface area (Å²) >= 11 is 0. The average molecular weight is 367 g/mol. The van der Waals surface area contributed by atoms with E-state index in [9.17, 15) is 0 Å². The van der Waals surface area contributed by atoms with E-state index >= 15 is 0 Å². The lowest BCUT2D eigenvalue weighted by Gasteiger charge is -2.22. The van der Waals surface area contributed by atoms with Crippen molar-refractivity contribution in [3.05, 3.63) is 120 Å². The lowest BCUT2D eigenvalue weighted by Crippen LogP contribution is -2.12. The lowest BCUT2D eigenvalue weighted by atomic mass is 10.0. The molecule has 1 unspecified atom stereocenters. The molecule has 0 spiro atoms. The van der Waals surface area contributed by atoms with Gasteiger partial charge in [-0.25, -0.2) is 9.67 Å². The van der Waals surface area contributed by atoms with E-state index in [-0.39, 0.29) is 6.10 Å². The van der Waals surface area contributed by atoms with E-state index in [0.29, 0.717) is 6.61 Å². The Morgan fingerprint density at radius 3 is 2.14 bits per heavy atom. The van der Waals surface area contributed by atoms with E-state index in [2.05, 4.69) is 52.6 Å². The summed E-state index contributed by atoms with van der Waals surface area (Å²) in [7, 11) is 0. The third kappa shape index (κ3) is 4.42. The predicted molar refractivity (Wildman–Crippen MR) is 111 cm³/mol. The number of hydrogen-bond acceptors (Lipinski definition) is 3. The maximum Gasteiger partial charge on any atom is 0.138 e. The molecule has 1 heterocycles. The number of rotatable bonds is 7. The zero-order valence-electron chi connectivity index (χ0n) is 15.4. The number of hydrogen-bond donors (Lipinski definition) is 0. The predicted octanol–water partition coefficient (Wildman–Crippen LogP) is 5.23. The molecule has 0 aliphatic heterocycles. The van der Waals surface area contributed by atoms with Gasteiger partial charge in [0.2, 0.25) is 0 Å². The van der Waals surface area contributed by atoms with Gasteiger partial charge in [-0.15, -0.1) is 0 Å². The minimum atomic E-state index is -0.289. The van der Waals surface area contributed by atoms with Crippen LogP contribution in [0, 0.1) is 0 Å². The maximum absolute atomic E-state index is 6.42. The van der Waals surface area contributed by atoms with Crippen LogP contribution in [0.25, 0.3) is 11.8 Å². The van der Waals surface area contributed by atoms with Crippen molar-refractivity contribution in [2.75, 3.05) is 0 Å². The van der Waals surface area contributed by atoms with Crippen LogP contribution in [-0.4, -0.2) is 14.8 Å². The zero-order chi connectivity index (χ0) is 19.0. The van der Waals surface area contributed by atoms with E-state index in [1.54, 1.807) is 11.0 Å². The molecule has 4 aromatic rings. The molecule has 0 fully saturated rings. The Balaban J connectivity index is 1.74. The van der Waals surface area contributed by atoms with Gasteiger partial charge >= 0.3 is 0 Å². The molecule has 0 amide bonds. The van der Waals surface area contributed by atoms with Crippen LogP contribution < -0.4 is 0 Å². The second kappa shape index (κ2) is 8.93. The second-order valence-electron chi connectivity index (χ2n) is 6.41. The Bertz CT molecular complexity index is 998. The number of aromatic nitrogens is 3. The van der Waals surface area contributed by atoms with Crippen LogP contribution in [0.5, 0.6) is 0 Å². The Hall–Kier alpha value is -3.50. The first-order chi connectivity index (χ1) is 13.9. The normalized spacial score (nSPS) is 12.6. The van der Waals surface area contributed by atoms with Crippen molar-refractivity contribution in [2.45, 2.75) is 12.7 Å². The maximum atomic E-state index is 6.42. The molecule has 138 valence electrons. The zero-order valence-corrected chi connectivity index (χ0v) is 15.4. The summed E-state index contributed by atoms with van der Waals surface area (Å²) in [6, 6.07) is 30.6. The standard InChI is InChI=1S/C24H21N3O/c1-4-10-20(11-5-1)16-23(27-19-25-18-26-27)24(22-14-8-3-9-15-22)28-17-21-12-6-2-7-13-21/h1-16,18-19,24H,17H2. The molecule has 0 aliphatic rings. The molecular formula is C24H21N3O. The van der Waals surface area contributed by atoms with Crippen LogP contribution in [0.15, 0.2) is 104 Å². The van der Waals surface area contributed by atoms with E-state index in [4.69, 9.17) is 4.74 Å². The molecule has 4 heteroatoms. The quantitative estimate of drug-likeness (QED) is 0.449. The highest BCUT2D eigenvalue weighted by atomic mass is 16.5. The molecule has 0 saturated carbocycles. The van der Waals surface area contributed by atoms with Crippen molar-refractivity contribution < 1.29 is 4.74 Å². The van der Waals surface area contributed by atoms with E-state index < -0.39 is 0 Å². The topological polar surface area (TPSA) is 39.9 Å². The first-order valence-corrected chi connectivity index (χ1v) is 9.22. The third-order valence-corrected chi connectivity index (χ3v) is 4.43. The number of benzene rings is 3. The Morgan fingerprint density at radius 2 is 1.50 bits per heavy atom. The van der Waals surface area contributed by atoms with E-state index in [0.717, 1.165) is 22.4 Å². The number of nitrogens with zero attached hydrogens (tertiary/aromatic N) is 3. The Kier molecular flexibility index (Phi) is 5.71. The molecule has 0 bridgehead atoms. The van der Waals surface area contributed by atoms with Crippen LogP contribution in [0.1, 0.15) is 22.8 Å². The van der Waals surface area contributed by atoms with Crippen molar-refractivity contribution in [2.24, 2.45) is 0 Å². The van der Waals surface area contributed by atoms with Crippen molar-refractivity contribution >= 4 is 11.8 Å². The SMILES string of the molecule is C(=C(C(OCc1ccccc1)c1ccccc1)n1cncn1)c1ccccc1. The molecular weight excluding hydrogens is 346 g/mol. The van der Waals surface area contributed by atoms with Gasteiger partial charge in [-0.05, 0) is 22.8 Å². The minimum Gasteiger partial charge on any atom is -0.362 e. The molecule has 0 aliphatic carbocycles. The summed E-state index contributed by atoms with van der Waals surface area (Å²) in [6.07, 6.45) is 5.05. The van der Waals surface area contributed by atoms with Crippen LogP contribution in [0.4, 0.5) is 0 Å². The summed E-state index contributed by atoms with van der Waals surface area (Å²) < 4.78 is 8.19. The summed E-state index contributed by atoms with van der Waals surface area (Å²) in [5.41, 5.74) is 4.18. The van der Waals surface area contributed by atoms with Crippen LogP contribution in [0.2, 0.25) is 0 Å². The van der Waals surface area contributed by atoms with Crippen molar-refractivity contribution in [1.29, 1.82) is 0 Å². The molecule has 0 radical (unpaired) electrons. The highest BCUT2D eigenvalue weighted by Crippen LogP contribution is 2.31. The fourth-order valence-electron chi connectivity index (χ4n) is 3.06. The Morgan fingerprint density at radius 1 is 0.857 bits per heavy atom. The van der Waals surface area contributed by atoms with Gasteiger partial charge < -0.3 is 4.74 Å². The third-order valence-electron chi connectivity index (χ3n) is 4.43. The second-order valence-corrected chi connectivity index (χ2v) is 6.41. The molecule has 4 nitrogen and oxygen atoms in total. The van der Waals surface area contributed by atoms with Gasteiger partial charge in [-0.3, -0.25) is 0 Å². The van der Waals surface area contributed by atoms with Gasteiger partial charge in [0.25, 0.3) is 0 Å². The van der Waals surface area contributed by atoms with Crippen molar-refractivity contribution in [1.82, 2.24) is 14.8 Å². The Labute approximate surface area is 164 Å². The summed E-state index contributed by atoms with van der Waals surface area (Å²) in [5.74, 6) is 0. The van der Waals surface area contributed by atoms with Gasteiger partial charge in [0, 0.05) is 0 Å². The van der Waals surface area contributed by atoms with E-state index in [1.807, 2.05) is 54.6 Å². The molecule has 1 atom stereocenters. The van der Waals surface area contributed by atoms with Crippen molar-refractivity contribution in [3.8, 4) is 0 Å². The molecule has 4 rings (SSSR count). The summed E-state index contributed by atoms with van der Waals surface area (Å²) in [4.78, 5) is 4.13. The smallest absolute Gasteiger partial charge is 0.138 e. The van der Waals surface area contributed by atoms with Crippen LogP contribution >= 0.6 is 0 Å². The molecule has 0 saturated heterocycles. The van der Waals surface area contributed by atoms with Gasteiger partial charge in [0.05, 0.1) is 12.3 Å².